The molecule has 1 amide bonds. The number of rotatable bonds is 7. The second kappa shape index (κ2) is 10.1. The molecule has 1 unspecified atom stereocenters. The van der Waals surface area contributed by atoms with E-state index >= 15 is 0 Å². The topological polar surface area (TPSA) is 78.3 Å². The van der Waals surface area contributed by atoms with Crippen LogP contribution in [0.5, 0.6) is 5.75 Å². The summed E-state index contributed by atoms with van der Waals surface area (Å²) < 4.78 is 10.4. The molecular formula is C36H37N5O2. The van der Waals surface area contributed by atoms with Crippen molar-refractivity contribution in [3.05, 3.63) is 83.4 Å². The number of piperidine rings is 1. The van der Waals surface area contributed by atoms with E-state index in [-0.39, 0.29) is 18.0 Å². The van der Waals surface area contributed by atoms with Crippen molar-refractivity contribution >= 4 is 40.0 Å². The zero-order valence-electron chi connectivity index (χ0n) is 24.7. The van der Waals surface area contributed by atoms with Gasteiger partial charge in [-0.2, -0.15) is 0 Å². The number of nitrogens with zero attached hydrogens (tertiary/aromatic N) is 4. The maximum Gasteiger partial charge on any atom is 0.254 e. The Morgan fingerprint density at radius 3 is 2.53 bits per heavy atom. The lowest BCUT2D eigenvalue weighted by atomic mass is 10.1. The number of carbonyl (C=O) groups excluding carboxylic acids is 1. The Kier molecular flexibility index (Phi) is 6.19. The number of nitrogens with two attached hydrogens (primary N) is 1. The lowest BCUT2D eigenvalue weighted by Gasteiger charge is -2.27. The van der Waals surface area contributed by atoms with Gasteiger partial charge in [0, 0.05) is 48.7 Å². The van der Waals surface area contributed by atoms with E-state index in [9.17, 15) is 4.79 Å². The highest BCUT2D eigenvalue weighted by molar-refractivity contribution is 6.00. The zero-order chi connectivity index (χ0) is 29.2. The van der Waals surface area contributed by atoms with Gasteiger partial charge in [-0.3, -0.25) is 4.79 Å². The standard InChI is InChI=1S/C36H37N5O2/c1-39-34-28(17-27(19-32(34)43-2)36(42)41-21-25-13-15-30(41)33(25)37)38-35(39)31-18-26-16-23(9-8-22-6-4-3-5-7-22)12-14-29(26)40(31)20-24-10-11-24/h3-9,12,14,16-19,24-25,30,33H,10-11,13,15,20-21,37H2,1-2H3/b9-8+/t25-,30?,33+/m1/s1. The van der Waals surface area contributed by atoms with E-state index in [1.807, 2.05) is 30.1 Å². The molecule has 5 aromatic rings. The van der Waals surface area contributed by atoms with Crippen LogP contribution in [0.2, 0.25) is 0 Å². The van der Waals surface area contributed by atoms with Crippen molar-refractivity contribution in [1.82, 2.24) is 19.0 Å². The molecule has 3 aliphatic rings. The average molecular weight is 572 g/mol. The van der Waals surface area contributed by atoms with E-state index in [1.54, 1.807) is 7.11 Å². The van der Waals surface area contributed by atoms with Crippen molar-refractivity contribution in [3.8, 4) is 17.3 Å². The van der Waals surface area contributed by atoms with Gasteiger partial charge in [0.1, 0.15) is 11.3 Å². The molecule has 3 atom stereocenters. The molecule has 2 N–H and O–H groups in total. The zero-order valence-corrected chi connectivity index (χ0v) is 24.7. The summed E-state index contributed by atoms with van der Waals surface area (Å²) in [7, 11) is 3.71. The first-order valence-electron chi connectivity index (χ1n) is 15.5. The molecule has 0 radical (unpaired) electrons. The summed E-state index contributed by atoms with van der Waals surface area (Å²) in [5.41, 5.74) is 13.3. The summed E-state index contributed by atoms with van der Waals surface area (Å²) in [6.07, 6.45) is 8.95. The SMILES string of the molecule is COc1cc(C(=O)N2C[C@H]3CCC2[C@H]3N)cc2nc(-c3cc4cc(/C=C/c5ccccc5)ccc4n3CC3CC3)n(C)c12. The van der Waals surface area contributed by atoms with Gasteiger partial charge in [-0.25, -0.2) is 4.98 Å². The summed E-state index contributed by atoms with van der Waals surface area (Å²) in [6.45, 7) is 1.71. The van der Waals surface area contributed by atoms with Crippen LogP contribution in [0.25, 0.3) is 45.6 Å². The molecule has 1 saturated heterocycles. The minimum atomic E-state index is 0.0222. The number of aryl methyl sites for hydroxylation is 1. The van der Waals surface area contributed by atoms with Gasteiger partial charge in [0.05, 0.1) is 18.3 Å². The Hall–Kier alpha value is -4.36. The van der Waals surface area contributed by atoms with Gasteiger partial charge in [0.2, 0.25) is 0 Å². The second-order valence-electron chi connectivity index (χ2n) is 12.6. The molecule has 2 saturated carbocycles. The van der Waals surface area contributed by atoms with Crippen molar-refractivity contribution in [2.24, 2.45) is 24.6 Å². The van der Waals surface area contributed by atoms with Crippen molar-refractivity contribution in [2.75, 3.05) is 13.7 Å². The van der Waals surface area contributed by atoms with Crippen molar-refractivity contribution in [3.63, 3.8) is 0 Å². The number of methoxy groups -OCH3 is 1. The maximum atomic E-state index is 13.7. The molecule has 7 heteroatoms. The van der Waals surface area contributed by atoms with E-state index in [0.717, 1.165) is 54.0 Å². The molecule has 0 spiro atoms. The summed E-state index contributed by atoms with van der Waals surface area (Å²) >= 11 is 0. The number of benzene rings is 3. The molecule has 2 bridgehead atoms. The summed E-state index contributed by atoms with van der Waals surface area (Å²) in [5, 5.41) is 1.20. The molecule has 2 aliphatic carbocycles. The van der Waals surface area contributed by atoms with Crippen LogP contribution in [-0.4, -0.2) is 50.7 Å². The highest BCUT2D eigenvalue weighted by atomic mass is 16.5. The van der Waals surface area contributed by atoms with Gasteiger partial charge in [-0.05, 0) is 79.0 Å². The summed E-state index contributed by atoms with van der Waals surface area (Å²) in [6, 6.07) is 23.4. The largest absolute Gasteiger partial charge is 0.494 e. The van der Waals surface area contributed by atoms with Crippen LogP contribution in [-0.2, 0) is 13.6 Å². The number of likely N-dealkylation sites (tertiary alicyclic amines) is 1. The lowest BCUT2D eigenvalue weighted by Crippen LogP contribution is -2.41. The van der Waals surface area contributed by atoms with Crippen LogP contribution in [0, 0.1) is 11.8 Å². The third-order valence-corrected chi connectivity index (χ3v) is 9.88. The van der Waals surface area contributed by atoms with Crippen molar-refractivity contribution in [1.29, 1.82) is 0 Å². The van der Waals surface area contributed by atoms with Gasteiger partial charge in [-0.15, -0.1) is 0 Å². The Morgan fingerprint density at radius 1 is 1.00 bits per heavy atom. The van der Waals surface area contributed by atoms with Crippen LogP contribution in [0.4, 0.5) is 0 Å². The maximum absolute atomic E-state index is 13.7. The van der Waals surface area contributed by atoms with Crippen molar-refractivity contribution in [2.45, 2.75) is 44.3 Å². The van der Waals surface area contributed by atoms with Crippen LogP contribution >= 0.6 is 0 Å². The van der Waals surface area contributed by atoms with Gasteiger partial charge < -0.3 is 24.5 Å². The van der Waals surface area contributed by atoms with Gasteiger partial charge >= 0.3 is 0 Å². The fraction of sp³-hybridized carbons (Fsp3) is 0.333. The third-order valence-electron chi connectivity index (χ3n) is 9.88. The summed E-state index contributed by atoms with van der Waals surface area (Å²) in [5.74, 6) is 2.66. The Labute approximate surface area is 251 Å². The van der Waals surface area contributed by atoms with E-state index in [2.05, 4.69) is 69.8 Å². The van der Waals surface area contributed by atoms with Crippen molar-refractivity contribution < 1.29 is 9.53 Å². The predicted molar refractivity (Wildman–Crippen MR) is 172 cm³/mol. The lowest BCUT2D eigenvalue weighted by molar-refractivity contribution is 0.0700. The Morgan fingerprint density at radius 2 is 1.81 bits per heavy atom. The Bertz CT molecular complexity index is 1900. The molecule has 218 valence electrons. The van der Waals surface area contributed by atoms with Crippen LogP contribution in [0.15, 0.2) is 66.7 Å². The van der Waals surface area contributed by atoms with E-state index < -0.39 is 0 Å². The fourth-order valence-electron chi connectivity index (χ4n) is 7.36. The molecule has 3 heterocycles. The number of amides is 1. The Balaban J connectivity index is 1.20. The number of hydrogen-bond donors (Lipinski definition) is 1. The number of ether oxygens (including phenoxy) is 1. The van der Waals surface area contributed by atoms with E-state index in [0.29, 0.717) is 23.1 Å². The van der Waals surface area contributed by atoms with E-state index in [1.165, 1.54) is 29.3 Å². The fourth-order valence-corrected chi connectivity index (χ4v) is 7.36. The van der Waals surface area contributed by atoms with Gasteiger partial charge in [0.25, 0.3) is 5.91 Å². The van der Waals surface area contributed by atoms with Gasteiger partial charge in [-0.1, -0.05) is 48.6 Å². The summed E-state index contributed by atoms with van der Waals surface area (Å²) in [4.78, 5) is 20.8. The molecule has 3 aromatic carbocycles. The third kappa shape index (κ3) is 4.45. The smallest absolute Gasteiger partial charge is 0.254 e. The minimum Gasteiger partial charge on any atom is -0.494 e. The molecule has 43 heavy (non-hydrogen) atoms. The normalized spacial score (nSPS) is 21.6. The number of imidazole rings is 1. The van der Waals surface area contributed by atoms with Crippen LogP contribution in [0.1, 0.15) is 47.2 Å². The molecule has 8 rings (SSSR count). The molecule has 7 nitrogen and oxygen atoms in total. The molecular weight excluding hydrogens is 534 g/mol. The first-order chi connectivity index (χ1) is 21.0. The first kappa shape index (κ1) is 26.3. The second-order valence-corrected chi connectivity index (χ2v) is 12.6. The number of carbonyl (C=O) groups is 1. The average Bonchev–Trinajstić information content (AvgIpc) is 3.44. The van der Waals surface area contributed by atoms with Crippen LogP contribution < -0.4 is 10.5 Å². The highest BCUT2D eigenvalue weighted by Gasteiger charge is 2.47. The number of aromatic nitrogens is 3. The highest BCUT2D eigenvalue weighted by Crippen LogP contribution is 2.40. The minimum absolute atomic E-state index is 0.0222. The molecule has 1 aliphatic heterocycles. The van der Waals surface area contributed by atoms with Gasteiger partial charge in [0.15, 0.2) is 5.82 Å². The first-order valence-corrected chi connectivity index (χ1v) is 15.5. The molecule has 3 fully saturated rings. The van der Waals surface area contributed by atoms with E-state index in [4.69, 9.17) is 15.5 Å². The predicted octanol–water partition coefficient (Wildman–Crippen LogP) is 6.35. The number of fused-ring (bicyclic) bond motifs is 4. The molecule has 2 aromatic heterocycles. The monoisotopic (exact) mass is 571 g/mol. The quantitative estimate of drug-likeness (QED) is 0.231. The van der Waals surface area contributed by atoms with Crippen LogP contribution in [0.3, 0.4) is 0 Å². The number of hydrogen-bond acceptors (Lipinski definition) is 4.